The molecule has 0 aliphatic carbocycles. The first-order valence-electron chi connectivity index (χ1n) is 9.05. The van der Waals surface area contributed by atoms with Crippen molar-refractivity contribution in [2.75, 3.05) is 43.4 Å². The summed E-state index contributed by atoms with van der Waals surface area (Å²) in [5.41, 5.74) is 3.01. The quantitative estimate of drug-likeness (QED) is 0.782. The number of benzene rings is 1. The van der Waals surface area contributed by atoms with Crippen molar-refractivity contribution in [1.82, 2.24) is 19.9 Å². The van der Waals surface area contributed by atoms with Crippen molar-refractivity contribution in [3.8, 4) is 0 Å². The Balaban J connectivity index is 1.53. The number of rotatable bonds is 4. The summed E-state index contributed by atoms with van der Waals surface area (Å²) in [6.07, 6.45) is 1.83. The lowest BCUT2D eigenvalue weighted by Gasteiger charge is -2.33. The van der Waals surface area contributed by atoms with Crippen molar-refractivity contribution in [3.63, 3.8) is 0 Å². The number of hydrogen-bond donors (Lipinski definition) is 1. The number of piperazine rings is 1. The Labute approximate surface area is 153 Å². The lowest BCUT2D eigenvalue weighted by molar-refractivity contribution is 0.312. The summed E-state index contributed by atoms with van der Waals surface area (Å²) in [5, 5.41) is 4.62. The Hall–Kier alpha value is -2.73. The van der Waals surface area contributed by atoms with E-state index in [9.17, 15) is 0 Å². The molecule has 1 aliphatic heterocycles. The van der Waals surface area contributed by atoms with Gasteiger partial charge in [-0.05, 0) is 26.1 Å². The van der Waals surface area contributed by atoms with Crippen LogP contribution in [0.5, 0.6) is 0 Å². The number of nitrogens with one attached hydrogen (secondary N) is 1. The van der Waals surface area contributed by atoms with E-state index in [0.717, 1.165) is 60.1 Å². The van der Waals surface area contributed by atoms with Crippen LogP contribution in [0.15, 0.2) is 42.6 Å². The van der Waals surface area contributed by atoms with Gasteiger partial charge in [-0.1, -0.05) is 18.2 Å². The number of fused-ring (bicyclic) bond motifs is 1. The van der Waals surface area contributed by atoms with Crippen LogP contribution in [-0.4, -0.2) is 53.1 Å². The third-order valence-electron chi connectivity index (χ3n) is 4.80. The smallest absolute Gasteiger partial charge is 0.132 e. The fraction of sp³-hybridized carbons (Fsp3) is 0.350. The van der Waals surface area contributed by atoms with E-state index in [0.29, 0.717) is 6.54 Å². The Morgan fingerprint density at radius 2 is 1.85 bits per heavy atom. The van der Waals surface area contributed by atoms with Crippen molar-refractivity contribution in [1.29, 1.82) is 0 Å². The molecule has 4 rings (SSSR count). The summed E-state index contributed by atoms with van der Waals surface area (Å²) in [4.78, 5) is 18.4. The van der Waals surface area contributed by atoms with Gasteiger partial charge >= 0.3 is 0 Å². The predicted octanol–water partition coefficient (Wildman–Crippen LogP) is 2.70. The molecule has 3 aromatic rings. The lowest BCUT2D eigenvalue weighted by atomic mass is 10.2. The fourth-order valence-electron chi connectivity index (χ4n) is 3.33. The zero-order chi connectivity index (χ0) is 17.9. The first kappa shape index (κ1) is 16.7. The summed E-state index contributed by atoms with van der Waals surface area (Å²) < 4.78 is 0. The van der Waals surface area contributed by atoms with Crippen LogP contribution >= 0.6 is 0 Å². The second kappa shape index (κ2) is 7.25. The number of pyridine rings is 1. The molecule has 1 aromatic carbocycles. The average Bonchev–Trinajstić information content (AvgIpc) is 2.66. The van der Waals surface area contributed by atoms with Crippen molar-refractivity contribution < 1.29 is 0 Å². The molecule has 26 heavy (non-hydrogen) atoms. The minimum absolute atomic E-state index is 0.653. The molecule has 2 aromatic heterocycles. The third-order valence-corrected chi connectivity index (χ3v) is 4.80. The molecule has 0 bridgehead atoms. The first-order valence-corrected chi connectivity index (χ1v) is 9.05. The van der Waals surface area contributed by atoms with Crippen LogP contribution in [0.3, 0.4) is 0 Å². The molecule has 134 valence electrons. The second-order valence-electron chi connectivity index (χ2n) is 6.79. The molecule has 1 N–H and O–H groups in total. The van der Waals surface area contributed by atoms with Gasteiger partial charge in [0.05, 0.1) is 23.4 Å². The van der Waals surface area contributed by atoms with Gasteiger partial charge in [-0.25, -0.2) is 9.97 Å². The van der Waals surface area contributed by atoms with Gasteiger partial charge in [-0.15, -0.1) is 0 Å². The van der Waals surface area contributed by atoms with Crippen molar-refractivity contribution in [2.45, 2.75) is 13.5 Å². The standard InChI is InChI=1S/C20H24N6/c1-15-23-17(13-19(24-15)26-11-9-25(2)10-12-26)14-22-18-7-3-5-16-6-4-8-21-20(16)18/h3-8,13,22H,9-12,14H2,1-2H3. The molecule has 6 heteroatoms. The van der Waals surface area contributed by atoms with E-state index in [4.69, 9.17) is 0 Å². The van der Waals surface area contributed by atoms with Gasteiger partial charge in [-0.2, -0.15) is 0 Å². The second-order valence-corrected chi connectivity index (χ2v) is 6.79. The molecular formula is C20H24N6. The maximum Gasteiger partial charge on any atom is 0.132 e. The molecule has 0 amide bonds. The van der Waals surface area contributed by atoms with E-state index in [2.05, 4.69) is 61.4 Å². The third kappa shape index (κ3) is 3.60. The van der Waals surface area contributed by atoms with Crippen LogP contribution in [0.4, 0.5) is 11.5 Å². The molecule has 0 saturated carbocycles. The van der Waals surface area contributed by atoms with E-state index < -0.39 is 0 Å². The number of aryl methyl sites for hydroxylation is 1. The van der Waals surface area contributed by atoms with Crippen LogP contribution in [0.2, 0.25) is 0 Å². The first-order chi connectivity index (χ1) is 12.7. The van der Waals surface area contributed by atoms with E-state index in [1.54, 1.807) is 0 Å². The molecule has 1 aliphatic rings. The van der Waals surface area contributed by atoms with E-state index in [1.165, 1.54) is 0 Å². The molecule has 3 heterocycles. The molecule has 0 atom stereocenters. The SMILES string of the molecule is Cc1nc(CNc2cccc3cccnc23)cc(N2CCN(C)CC2)n1. The van der Waals surface area contributed by atoms with Crippen LogP contribution < -0.4 is 10.2 Å². The average molecular weight is 348 g/mol. The number of hydrogen-bond acceptors (Lipinski definition) is 6. The topological polar surface area (TPSA) is 57.2 Å². The van der Waals surface area contributed by atoms with Crippen molar-refractivity contribution in [2.24, 2.45) is 0 Å². The normalized spacial score (nSPS) is 15.4. The predicted molar refractivity (Wildman–Crippen MR) is 106 cm³/mol. The number of nitrogens with zero attached hydrogens (tertiary/aromatic N) is 5. The maximum atomic E-state index is 4.64. The Kier molecular flexibility index (Phi) is 4.67. The van der Waals surface area contributed by atoms with E-state index in [1.807, 2.05) is 25.3 Å². The summed E-state index contributed by atoms with van der Waals surface area (Å²) in [5.74, 6) is 1.84. The van der Waals surface area contributed by atoms with Crippen molar-refractivity contribution >= 4 is 22.4 Å². The minimum Gasteiger partial charge on any atom is -0.378 e. The van der Waals surface area contributed by atoms with Crippen LogP contribution in [-0.2, 0) is 6.54 Å². The summed E-state index contributed by atoms with van der Waals surface area (Å²) in [7, 11) is 2.16. The number of likely N-dealkylation sites (N-methyl/N-ethyl adjacent to an activating group) is 1. The van der Waals surface area contributed by atoms with E-state index in [-0.39, 0.29) is 0 Å². The summed E-state index contributed by atoms with van der Waals surface area (Å²) >= 11 is 0. The van der Waals surface area contributed by atoms with Gasteiger partial charge in [0.25, 0.3) is 0 Å². The Morgan fingerprint density at radius 3 is 2.69 bits per heavy atom. The molecular weight excluding hydrogens is 324 g/mol. The molecule has 6 nitrogen and oxygen atoms in total. The zero-order valence-corrected chi connectivity index (χ0v) is 15.3. The van der Waals surface area contributed by atoms with Gasteiger partial charge in [0.15, 0.2) is 0 Å². The van der Waals surface area contributed by atoms with Crippen LogP contribution in [0.25, 0.3) is 10.9 Å². The van der Waals surface area contributed by atoms with Gasteiger partial charge < -0.3 is 15.1 Å². The van der Waals surface area contributed by atoms with Gasteiger partial charge in [-0.3, -0.25) is 4.98 Å². The van der Waals surface area contributed by atoms with Crippen LogP contribution in [0.1, 0.15) is 11.5 Å². The molecule has 0 radical (unpaired) electrons. The summed E-state index contributed by atoms with van der Waals surface area (Å²) in [6.45, 7) is 6.76. The van der Waals surface area contributed by atoms with Gasteiger partial charge in [0, 0.05) is 43.8 Å². The molecule has 0 spiro atoms. The van der Waals surface area contributed by atoms with Crippen LogP contribution in [0, 0.1) is 6.92 Å². The number of anilines is 2. The zero-order valence-electron chi connectivity index (χ0n) is 15.3. The van der Waals surface area contributed by atoms with Gasteiger partial charge in [0.2, 0.25) is 0 Å². The highest BCUT2D eigenvalue weighted by atomic mass is 15.3. The highest BCUT2D eigenvalue weighted by Crippen LogP contribution is 2.22. The fourth-order valence-corrected chi connectivity index (χ4v) is 3.33. The Bertz CT molecular complexity index is 896. The monoisotopic (exact) mass is 348 g/mol. The molecule has 0 unspecified atom stereocenters. The number of para-hydroxylation sites is 1. The Morgan fingerprint density at radius 1 is 1.04 bits per heavy atom. The minimum atomic E-state index is 0.653. The summed E-state index contributed by atoms with van der Waals surface area (Å²) in [6, 6.07) is 12.3. The largest absolute Gasteiger partial charge is 0.378 e. The highest BCUT2D eigenvalue weighted by Gasteiger charge is 2.16. The van der Waals surface area contributed by atoms with E-state index >= 15 is 0 Å². The van der Waals surface area contributed by atoms with Gasteiger partial charge in [0.1, 0.15) is 11.6 Å². The number of aromatic nitrogens is 3. The van der Waals surface area contributed by atoms with Crippen molar-refractivity contribution in [3.05, 3.63) is 54.1 Å². The maximum absolute atomic E-state index is 4.64. The molecule has 1 saturated heterocycles. The molecule has 1 fully saturated rings. The highest BCUT2D eigenvalue weighted by molar-refractivity contribution is 5.90. The lowest BCUT2D eigenvalue weighted by Crippen LogP contribution is -2.45.